The zero-order valence-corrected chi connectivity index (χ0v) is 23.9. The van der Waals surface area contributed by atoms with E-state index in [-0.39, 0.29) is 4.90 Å². The Kier molecular flexibility index (Phi) is 6.72. The minimum absolute atomic E-state index is 0.207. The normalized spacial score (nSPS) is 11.7. The molecule has 2 heterocycles. The number of rotatable bonds is 5. The third kappa shape index (κ3) is 4.59. The zero-order valence-electron chi connectivity index (χ0n) is 19.2. The van der Waals surface area contributed by atoms with E-state index >= 15 is 0 Å². The third-order valence-corrected chi connectivity index (χ3v) is 8.32. The minimum atomic E-state index is -3.91. The standard InChI is InChI=1S/C27H19Br2ClN2O3S/c1-16-3-10-21(11-4-16)36(33,34)32-24-12-9-20(35-19-7-5-18(30)6-8-19)13-22(24)27-17(2)23(14-26(28)29)31-15-25(27)32/h3-15H,1-2H3. The molecule has 0 radical (unpaired) electrons. The van der Waals surface area contributed by atoms with E-state index in [9.17, 15) is 8.42 Å². The lowest BCUT2D eigenvalue weighted by atomic mass is 10.1. The number of fused-ring (bicyclic) bond motifs is 3. The fourth-order valence-corrected chi connectivity index (χ4v) is 6.22. The van der Waals surface area contributed by atoms with Gasteiger partial charge in [0.15, 0.2) is 0 Å². The van der Waals surface area contributed by atoms with Gasteiger partial charge in [0, 0.05) is 15.8 Å². The summed E-state index contributed by atoms with van der Waals surface area (Å²) < 4.78 is 35.9. The van der Waals surface area contributed by atoms with Crippen molar-refractivity contribution in [1.82, 2.24) is 8.96 Å². The van der Waals surface area contributed by atoms with Crippen LogP contribution in [0.3, 0.4) is 0 Å². The molecule has 9 heteroatoms. The molecule has 0 saturated carbocycles. The number of ether oxygens (including phenoxy) is 1. The van der Waals surface area contributed by atoms with Gasteiger partial charge in [0.25, 0.3) is 10.0 Å². The summed E-state index contributed by atoms with van der Waals surface area (Å²) in [6.07, 6.45) is 3.43. The number of hydrogen-bond acceptors (Lipinski definition) is 4. The lowest BCUT2D eigenvalue weighted by Crippen LogP contribution is -2.13. The molecule has 5 aromatic rings. The molecule has 0 bridgehead atoms. The van der Waals surface area contributed by atoms with E-state index < -0.39 is 10.0 Å². The average molecular weight is 647 g/mol. The topological polar surface area (TPSA) is 61.2 Å². The first-order chi connectivity index (χ1) is 17.1. The van der Waals surface area contributed by atoms with E-state index in [2.05, 4.69) is 36.8 Å². The molecule has 182 valence electrons. The number of halogens is 3. The SMILES string of the molecule is Cc1ccc(S(=O)(=O)n2c3ccc(Oc4ccc(Cl)cc4)cc3c3c(C)c(C=C(Br)Br)ncc32)cc1. The molecule has 3 aromatic carbocycles. The van der Waals surface area contributed by atoms with Crippen molar-refractivity contribution in [1.29, 1.82) is 0 Å². The minimum Gasteiger partial charge on any atom is -0.457 e. The van der Waals surface area contributed by atoms with Gasteiger partial charge in [0.2, 0.25) is 0 Å². The summed E-state index contributed by atoms with van der Waals surface area (Å²) in [4.78, 5) is 4.76. The molecule has 0 N–H and O–H groups in total. The maximum absolute atomic E-state index is 13.9. The van der Waals surface area contributed by atoms with Crippen LogP contribution < -0.4 is 4.74 Å². The van der Waals surface area contributed by atoms with Crippen LogP contribution in [-0.4, -0.2) is 17.4 Å². The van der Waals surface area contributed by atoms with Crippen molar-refractivity contribution >= 4 is 81.4 Å². The molecule has 0 spiro atoms. The number of aromatic nitrogens is 2. The van der Waals surface area contributed by atoms with Crippen molar-refractivity contribution in [3.05, 3.63) is 98.2 Å². The quantitative estimate of drug-likeness (QED) is 0.192. The maximum Gasteiger partial charge on any atom is 0.268 e. The lowest BCUT2D eigenvalue weighted by Gasteiger charge is -2.10. The summed E-state index contributed by atoms with van der Waals surface area (Å²) in [5.74, 6) is 1.20. The van der Waals surface area contributed by atoms with Gasteiger partial charge in [0.1, 0.15) is 11.5 Å². The molecule has 36 heavy (non-hydrogen) atoms. The lowest BCUT2D eigenvalue weighted by molar-refractivity contribution is 0.483. The molecule has 5 nitrogen and oxygen atoms in total. The van der Waals surface area contributed by atoms with Crippen LogP contribution in [0, 0.1) is 13.8 Å². The Hall–Kier alpha value is -2.65. The Morgan fingerprint density at radius 2 is 1.61 bits per heavy atom. The molecule has 2 aromatic heterocycles. The average Bonchev–Trinajstić information content (AvgIpc) is 3.17. The van der Waals surface area contributed by atoms with Crippen LogP contribution in [0.1, 0.15) is 16.8 Å². The predicted octanol–water partition coefficient (Wildman–Crippen LogP) is 8.58. The molecule has 0 atom stereocenters. The molecule has 0 aliphatic heterocycles. The monoisotopic (exact) mass is 644 g/mol. The van der Waals surface area contributed by atoms with E-state index in [0.29, 0.717) is 33.2 Å². The summed E-state index contributed by atoms with van der Waals surface area (Å²) in [5.41, 5.74) is 3.57. The second-order valence-electron chi connectivity index (χ2n) is 8.28. The van der Waals surface area contributed by atoms with Crippen LogP contribution in [-0.2, 0) is 10.0 Å². The molecule has 0 aliphatic carbocycles. The van der Waals surface area contributed by atoms with Gasteiger partial charge in [-0.2, -0.15) is 0 Å². The Morgan fingerprint density at radius 1 is 0.944 bits per heavy atom. The van der Waals surface area contributed by atoms with Crippen LogP contribution >= 0.6 is 43.5 Å². The highest BCUT2D eigenvalue weighted by Crippen LogP contribution is 2.38. The van der Waals surface area contributed by atoms with Crippen molar-refractivity contribution in [2.24, 2.45) is 0 Å². The number of hydrogen-bond donors (Lipinski definition) is 0. The van der Waals surface area contributed by atoms with Crippen molar-refractivity contribution in [3.63, 3.8) is 0 Å². The van der Waals surface area contributed by atoms with E-state index in [1.165, 1.54) is 3.97 Å². The van der Waals surface area contributed by atoms with Crippen LogP contribution in [0.15, 0.2) is 81.2 Å². The summed E-state index contributed by atoms with van der Waals surface area (Å²) in [6.45, 7) is 3.85. The highest BCUT2D eigenvalue weighted by molar-refractivity contribution is 9.28. The number of pyridine rings is 1. The van der Waals surface area contributed by atoms with Gasteiger partial charge in [-0.15, -0.1) is 0 Å². The second kappa shape index (κ2) is 9.67. The predicted molar refractivity (Wildman–Crippen MR) is 153 cm³/mol. The molecule has 0 amide bonds. The van der Waals surface area contributed by atoms with E-state index in [0.717, 1.165) is 25.3 Å². The van der Waals surface area contributed by atoms with Gasteiger partial charge in [0.05, 0.1) is 31.2 Å². The largest absolute Gasteiger partial charge is 0.457 e. The maximum atomic E-state index is 13.9. The van der Waals surface area contributed by atoms with E-state index in [4.69, 9.17) is 16.3 Å². The van der Waals surface area contributed by atoms with Gasteiger partial charge in [-0.3, -0.25) is 4.98 Å². The number of nitrogens with zero attached hydrogens (tertiary/aromatic N) is 2. The summed E-state index contributed by atoms with van der Waals surface area (Å²) in [5, 5.41) is 2.14. The molecular formula is C27H19Br2ClN2O3S. The summed E-state index contributed by atoms with van der Waals surface area (Å²) in [6, 6.07) is 19.3. The van der Waals surface area contributed by atoms with Crippen LogP contribution in [0.5, 0.6) is 11.5 Å². The zero-order chi connectivity index (χ0) is 25.6. The van der Waals surface area contributed by atoms with Crippen molar-refractivity contribution < 1.29 is 13.2 Å². The van der Waals surface area contributed by atoms with Crippen molar-refractivity contribution in [2.75, 3.05) is 0 Å². The number of aryl methyl sites for hydroxylation is 2. The van der Waals surface area contributed by atoms with Crippen molar-refractivity contribution in [3.8, 4) is 11.5 Å². The summed E-state index contributed by atoms with van der Waals surface area (Å²) in [7, 11) is -3.91. The summed E-state index contributed by atoms with van der Waals surface area (Å²) >= 11 is 12.8. The molecule has 0 fully saturated rings. The first-order valence-corrected chi connectivity index (χ1v) is 14.3. The molecule has 0 unspecified atom stereocenters. The Bertz CT molecular complexity index is 1760. The van der Waals surface area contributed by atoms with Gasteiger partial charge in [-0.1, -0.05) is 29.3 Å². The number of benzene rings is 3. The van der Waals surface area contributed by atoms with Gasteiger partial charge >= 0.3 is 0 Å². The second-order valence-corrected chi connectivity index (χ2v) is 13.3. The van der Waals surface area contributed by atoms with Gasteiger partial charge in [-0.25, -0.2) is 12.4 Å². The van der Waals surface area contributed by atoms with Crippen LogP contribution in [0.25, 0.3) is 27.9 Å². The molecule has 0 aliphatic rings. The Balaban J connectivity index is 1.79. The van der Waals surface area contributed by atoms with Gasteiger partial charge in [-0.05, 0) is 112 Å². The Morgan fingerprint density at radius 3 is 2.28 bits per heavy atom. The first-order valence-electron chi connectivity index (χ1n) is 10.9. The van der Waals surface area contributed by atoms with Crippen LogP contribution in [0.2, 0.25) is 5.02 Å². The first kappa shape index (κ1) is 25.0. The third-order valence-electron chi connectivity index (χ3n) is 5.87. The van der Waals surface area contributed by atoms with Crippen molar-refractivity contribution in [2.45, 2.75) is 18.7 Å². The highest BCUT2D eigenvalue weighted by Gasteiger charge is 2.25. The smallest absolute Gasteiger partial charge is 0.268 e. The van der Waals surface area contributed by atoms with Crippen LogP contribution in [0.4, 0.5) is 0 Å². The van der Waals surface area contributed by atoms with E-state index in [1.807, 2.05) is 26.0 Å². The van der Waals surface area contributed by atoms with E-state index in [1.54, 1.807) is 66.9 Å². The molecule has 5 rings (SSSR count). The molecular weight excluding hydrogens is 628 g/mol. The fraction of sp³-hybridized carbons (Fsp3) is 0.0741. The van der Waals surface area contributed by atoms with Gasteiger partial charge < -0.3 is 4.74 Å². The Labute approximate surface area is 230 Å². The molecule has 0 saturated heterocycles. The fourth-order valence-electron chi connectivity index (χ4n) is 4.15. The highest BCUT2D eigenvalue weighted by atomic mass is 79.9.